The minimum absolute atomic E-state index is 0.190. The van der Waals surface area contributed by atoms with E-state index < -0.39 is 24.0 Å². The summed E-state index contributed by atoms with van der Waals surface area (Å²) >= 11 is 0. The second-order valence-electron chi connectivity index (χ2n) is 6.60. The number of aromatic hydroxyl groups is 1. The zero-order chi connectivity index (χ0) is 19.6. The molecule has 140 valence electrons. The molecule has 7 heteroatoms. The molecule has 7 nitrogen and oxygen atoms in total. The van der Waals surface area contributed by atoms with Gasteiger partial charge in [0, 0.05) is 17.7 Å². The number of fused-ring (bicyclic) bond motifs is 1. The van der Waals surface area contributed by atoms with E-state index >= 15 is 0 Å². The van der Waals surface area contributed by atoms with Crippen LogP contribution in [0.15, 0.2) is 36.4 Å². The molecule has 1 aliphatic rings. The third-order valence-electron chi connectivity index (χ3n) is 4.36. The summed E-state index contributed by atoms with van der Waals surface area (Å²) in [5.74, 6) is -1.45. The Balaban J connectivity index is 1.90. The van der Waals surface area contributed by atoms with E-state index in [1.807, 2.05) is 43.3 Å². The van der Waals surface area contributed by atoms with Crippen LogP contribution in [0.3, 0.4) is 0 Å². The van der Waals surface area contributed by atoms with Crippen LogP contribution in [0.1, 0.15) is 34.2 Å². The van der Waals surface area contributed by atoms with E-state index in [-0.39, 0.29) is 11.4 Å². The van der Waals surface area contributed by atoms with Gasteiger partial charge in [0.15, 0.2) is 11.4 Å². The second kappa shape index (κ2) is 7.11. The Hall–Kier alpha value is -3.35. The van der Waals surface area contributed by atoms with E-state index in [2.05, 4.69) is 10.3 Å². The predicted molar refractivity (Wildman–Crippen MR) is 98.8 cm³/mol. The number of carbonyl (C=O) groups is 2. The third-order valence-corrected chi connectivity index (χ3v) is 4.36. The number of ether oxygens (including phenoxy) is 1. The fourth-order valence-corrected chi connectivity index (χ4v) is 3.05. The van der Waals surface area contributed by atoms with Crippen molar-refractivity contribution in [1.29, 1.82) is 0 Å². The van der Waals surface area contributed by atoms with Gasteiger partial charge in [-0.05, 0) is 37.6 Å². The van der Waals surface area contributed by atoms with Crippen molar-refractivity contribution in [2.45, 2.75) is 25.9 Å². The SMILES string of the molecule is Cc1nc(C(=O)NCC(=O)O)c(O)c2c1CC(C)(Oc1ccccc1)C=C2. The zero-order valence-corrected chi connectivity index (χ0v) is 15.0. The number of carboxylic acids is 1. The lowest BCUT2D eigenvalue weighted by Gasteiger charge is -2.32. The highest BCUT2D eigenvalue weighted by Gasteiger charge is 2.32. The van der Waals surface area contributed by atoms with Crippen LogP contribution in [-0.4, -0.2) is 39.2 Å². The molecule has 0 aliphatic heterocycles. The van der Waals surface area contributed by atoms with E-state index in [0.29, 0.717) is 17.7 Å². The molecule has 3 rings (SSSR count). The van der Waals surface area contributed by atoms with Gasteiger partial charge in [0.1, 0.15) is 17.9 Å². The van der Waals surface area contributed by atoms with Crippen molar-refractivity contribution in [1.82, 2.24) is 10.3 Å². The molecule has 3 N–H and O–H groups in total. The lowest BCUT2D eigenvalue weighted by molar-refractivity contribution is -0.135. The summed E-state index contributed by atoms with van der Waals surface area (Å²) in [6.45, 7) is 3.13. The molecule has 0 radical (unpaired) electrons. The molecule has 1 unspecified atom stereocenters. The molecule has 1 amide bonds. The number of aliphatic carboxylic acids is 1. The van der Waals surface area contributed by atoms with Crippen LogP contribution in [0, 0.1) is 6.92 Å². The number of amides is 1. The molecule has 27 heavy (non-hydrogen) atoms. The number of hydrogen-bond acceptors (Lipinski definition) is 5. The Morgan fingerprint density at radius 2 is 2.00 bits per heavy atom. The van der Waals surface area contributed by atoms with Crippen LogP contribution in [0.2, 0.25) is 0 Å². The van der Waals surface area contributed by atoms with Crippen LogP contribution in [0.25, 0.3) is 6.08 Å². The number of nitrogens with one attached hydrogen (secondary N) is 1. The van der Waals surface area contributed by atoms with Crippen molar-refractivity contribution in [3.63, 3.8) is 0 Å². The summed E-state index contributed by atoms with van der Waals surface area (Å²) in [5, 5.41) is 21.4. The summed E-state index contributed by atoms with van der Waals surface area (Å²) in [5.41, 5.74) is 1.04. The maximum absolute atomic E-state index is 12.1. The number of para-hydroxylation sites is 1. The van der Waals surface area contributed by atoms with Gasteiger partial charge in [-0.1, -0.05) is 24.3 Å². The molecule has 0 saturated carbocycles. The summed E-state index contributed by atoms with van der Waals surface area (Å²) in [7, 11) is 0. The number of nitrogens with zero attached hydrogens (tertiary/aromatic N) is 1. The monoisotopic (exact) mass is 368 g/mol. The number of hydrogen-bond donors (Lipinski definition) is 3. The topological polar surface area (TPSA) is 109 Å². The van der Waals surface area contributed by atoms with Gasteiger partial charge in [-0.15, -0.1) is 0 Å². The quantitative estimate of drug-likeness (QED) is 0.747. The number of aromatic nitrogens is 1. The Morgan fingerprint density at radius 3 is 2.67 bits per heavy atom. The van der Waals surface area contributed by atoms with Crippen LogP contribution in [0.5, 0.6) is 11.5 Å². The van der Waals surface area contributed by atoms with Crippen molar-refractivity contribution in [3.05, 3.63) is 58.9 Å². The van der Waals surface area contributed by atoms with Crippen molar-refractivity contribution in [2.24, 2.45) is 0 Å². The highest BCUT2D eigenvalue weighted by Crippen LogP contribution is 2.36. The molecule has 1 heterocycles. The second-order valence-corrected chi connectivity index (χ2v) is 6.60. The molecular weight excluding hydrogens is 348 g/mol. The Bertz CT molecular complexity index is 924. The first-order valence-electron chi connectivity index (χ1n) is 8.45. The van der Waals surface area contributed by atoms with Gasteiger partial charge < -0.3 is 20.3 Å². The highest BCUT2D eigenvalue weighted by molar-refractivity contribution is 5.97. The molecule has 2 aromatic rings. The zero-order valence-electron chi connectivity index (χ0n) is 15.0. The highest BCUT2D eigenvalue weighted by atomic mass is 16.5. The van der Waals surface area contributed by atoms with Crippen molar-refractivity contribution in [3.8, 4) is 11.5 Å². The smallest absolute Gasteiger partial charge is 0.322 e. The largest absolute Gasteiger partial charge is 0.505 e. The number of carbonyl (C=O) groups excluding carboxylic acids is 1. The van der Waals surface area contributed by atoms with E-state index in [0.717, 1.165) is 11.3 Å². The van der Waals surface area contributed by atoms with Gasteiger partial charge >= 0.3 is 5.97 Å². The maximum atomic E-state index is 12.1. The van der Waals surface area contributed by atoms with Crippen LogP contribution in [-0.2, 0) is 11.2 Å². The summed E-state index contributed by atoms with van der Waals surface area (Å²) in [4.78, 5) is 26.9. The number of benzene rings is 1. The van der Waals surface area contributed by atoms with Crippen molar-refractivity contribution >= 4 is 18.0 Å². The molecule has 0 bridgehead atoms. The molecular formula is C20H20N2O5. The molecule has 1 aromatic carbocycles. The first-order chi connectivity index (χ1) is 12.8. The van der Waals surface area contributed by atoms with E-state index in [1.165, 1.54) is 0 Å². The van der Waals surface area contributed by atoms with Crippen LogP contribution < -0.4 is 10.1 Å². The molecule has 0 spiro atoms. The Labute approximate surface area is 156 Å². The van der Waals surface area contributed by atoms with Crippen LogP contribution in [0.4, 0.5) is 0 Å². The first kappa shape index (κ1) is 18.4. The van der Waals surface area contributed by atoms with E-state index in [9.17, 15) is 14.7 Å². The van der Waals surface area contributed by atoms with Gasteiger partial charge in [0.2, 0.25) is 0 Å². The van der Waals surface area contributed by atoms with Gasteiger partial charge in [0.25, 0.3) is 5.91 Å². The normalized spacial score (nSPS) is 17.9. The fourth-order valence-electron chi connectivity index (χ4n) is 3.05. The fraction of sp³-hybridized carbons (Fsp3) is 0.250. The number of carboxylic acid groups (broad SMARTS) is 1. The minimum Gasteiger partial charge on any atom is -0.505 e. The average Bonchev–Trinajstić information content (AvgIpc) is 2.63. The van der Waals surface area contributed by atoms with Gasteiger partial charge in [0.05, 0.1) is 0 Å². The number of rotatable bonds is 5. The summed E-state index contributed by atoms with van der Waals surface area (Å²) in [6.07, 6.45) is 4.01. The predicted octanol–water partition coefficient (Wildman–Crippen LogP) is 2.32. The Morgan fingerprint density at radius 1 is 1.30 bits per heavy atom. The van der Waals surface area contributed by atoms with Crippen molar-refractivity contribution in [2.75, 3.05) is 6.54 Å². The van der Waals surface area contributed by atoms with Gasteiger partial charge in [-0.2, -0.15) is 0 Å². The molecule has 1 atom stereocenters. The molecule has 1 aromatic heterocycles. The van der Waals surface area contributed by atoms with Gasteiger partial charge in [-0.25, -0.2) is 4.98 Å². The lowest BCUT2D eigenvalue weighted by Crippen LogP contribution is -2.35. The number of pyridine rings is 1. The molecule has 0 saturated heterocycles. The third kappa shape index (κ3) is 3.92. The summed E-state index contributed by atoms with van der Waals surface area (Å²) in [6, 6.07) is 9.42. The standard InChI is InChI=1S/C20H20N2O5/c1-12-15-10-20(2,27-13-6-4-3-5-7-13)9-8-14(15)18(25)17(22-12)19(26)21-11-16(23)24/h3-9,25H,10-11H2,1-2H3,(H,21,26)(H,23,24). The molecule has 0 fully saturated rings. The van der Waals surface area contributed by atoms with Crippen LogP contribution >= 0.6 is 0 Å². The minimum atomic E-state index is -1.17. The Kier molecular flexibility index (Phi) is 4.85. The maximum Gasteiger partial charge on any atom is 0.322 e. The molecule has 1 aliphatic carbocycles. The van der Waals surface area contributed by atoms with Gasteiger partial charge in [-0.3, -0.25) is 9.59 Å². The van der Waals surface area contributed by atoms with E-state index in [4.69, 9.17) is 9.84 Å². The van der Waals surface area contributed by atoms with Crippen molar-refractivity contribution < 1.29 is 24.5 Å². The lowest BCUT2D eigenvalue weighted by atomic mass is 9.85. The van der Waals surface area contributed by atoms with E-state index in [1.54, 1.807) is 13.0 Å². The summed E-state index contributed by atoms with van der Waals surface area (Å²) < 4.78 is 6.10. The number of aryl methyl sites for hydroxylation is 1. The first-order valence-corrected chi connectivity index (χ1v) is 8.45. The average molecular weight is 368 g/mol.